The van der Waals surface area contributed by atoms with E-state index in [9.17, 15) is 53.0 Å². The van der Waals surface area contributed by atoms with Gasteiger partial charge in [0.25, 0.3) is 0 Å². The van der Waals surface area contributed by atoms with Gasteiger partial charge in [-0.2, -0.15) is 28.8 Å². The Labute approximate surface area is 606 Å². The Hall–Kier alpha value is -7.10. The van der Waals surface area contributed by atoms with Crippen molar-refractivity contribution in [2.75, 3.05) is 53.0 Å². The van der Waals surface area contributed by atoms with E-state index < -0.39 is 42.8 Å². The second-order valence-corrected chi connectivity index (χ2v) is 37.4. The van der Waals surface area contributed by atoms with Gasteiger partial charge in [0.05, 0.1) is 59.1 Å². The van der Waals surface area contributed by atoms with Crippen molar-refractivity contribution in [2.45, 2.75) is 224 Å². The predicted molar refractivity (Wildman–Crippen MR) is 384 cm³/mol. The van der Waals surface area contributed by atoms with Gasteiger partial charge in [0, 0.05) is 47.6 Å². The molecule has 5 N–H and O–H groups in total. The zero-order valence-electron chi connectivity index (χ0n) is 62.7. The highest BCUT2D eigenvalue weighted by Gasteiger charge is 2.36. The smallest absolute Gasteiger partial charge is 0.373 e. The predicted octanol–water partition coefficient (Wildman–Crippen LogP) is 14.6. The largest absolute Gasteiger partial charge is 0.507 e. The molecule has 3 unspecified atom stereocenters. The van der Waals surface area contributed by atoms with Crippen molar-refractivity contribution in [1.29, 1.82) is 0 Å². The molecule has 6 rings (SSSR count). The van der Waals surface area contributed by atoms with E-state index in [0.29, 0.717) is 103 Å². The first kappa shape index (κ1) is 93.9. The molecule has 0 fully saturated rings. The number of allylic oxidation sites excluding steroid dienone is 6. The van der Waals surface area contributed by atoms with Gasteiger partial charge in [-0.1, -0.05) is 68.4 Å². The third-order valence-corrected chi connectivity index (χ3v) is 23.3. The summed E-state index contributed by atoms with van der Waals surface area (Å²) in [5.74, 6) is 0.931. The Morgan fingerprint density at radius 1 is 0.505 bits per heavy atom. The van der Waals surface area contributed by atoms with Crippen LogP contribution in [-0.2, 0) is 109 Å². The Morgan fingerprint density at radius 3 is 1.12 bits per heavy atom. The molecule has 576 valence electrons. The van der Waals surface area contributed by atoms with Gasteiger partial charge < -0.3 is 71.6 Å². The van der Waals surface area contributed by atoms with Gasteiger partial charge in [0.1, 0.15) is 71.0 Å². The lowest BCUT2D eigenvalue weighted by molar-refractivity contribution is -0.193. The third-order valence-electron chi connectivity index (χ3n) is 16.9. The highest BCUT2D eigenvalue weighted by Crippen LogP contribution is 2.49. The van der Waals surface area contributed by atoms with Gasteiger partial charge in [0.15, 0.2) is 0 Å². The average molecular weight is 1530 g/mol. The number of benzene rings is 3. The summed E-state index contributed by atoms with van der Waals surface area (Å²) in [6.07, 6.45) is 16.1. The van der Waals surface area contributed by atoms with Gasteiger partial charge in [-0.15, -0.1) is 0 Å². The zero-order valence-corrected chi connectivity index (χ0v) is 66.4. The van der Waals surface area contributed by atoms with Crippen molar-refractivity contribution in [2.24, 2.45) is 0 Å². The number of phenolic OH excluding ortho intramolecular Hbond substituents is 2. The van der Waals surface area contributed by atoms with E-state index in [0.717, 1.165) is 89.3 Å². The number of rotatable bonds is 36. The molecule has 0 aromatic heterocycles. The van der Waals surface area contributed by atoms with Crippen LogP contribution in [0, 0.1) is 20.8 Å². The number of methoxy groups -OCH3 is 3. The van der Waals surface area contributed by atoms with E-state index in [1.165, 1.54) is 12.7 Å². The molecule has 3 aromatic rings. The molecule has 3 aromatic carbocycles. The van der Waals surface area contributed by atoms with Crippen LogP contribution in [0.4, 0.5) is 0 Å². The lowest BCUT2D eigenvalue weighted by Gasteiger charge is -2.21. The van der Waals surface area contributed by atoms with Crippen LogP contribution >= 0.6 is 22.8 Å². The fourth-order valence-electron chi connectivity index (χ4n) is 11.0. The van der Waals surface area contributed by atoms with Crippen molar-refractivity contribution >= 4 is 67.2 Å². The number of hydrogen-bond donors (Lipinski definition) is 5. The molecule has 0 saturated heterocycles. The van der Waals surface area contributed by atoms with Gasteiger partial charge >= 0.3 is 59.1 Å². The molecule has 5 atom stereocenters. The maximum atomic E-state index is 12.6. The summed E-state index contributed by atoms with van der Waals surface area (Å²) in [7, 11) is -7.13. The molecule has 3 aliphatic heterocycles. The normalized spacial score (nSPS) is 15.1. The number of hydrogen-bond acceptors (Lipinski definition) is 24. The summed E-state index contributed by atoms with van der Waals surface area (Å²) < 4.78 is 89.8. The molecule has 0 spiro atoms. The van der Waals surface area contributed by atoms with Crippen LogP contribution in [0.25, 0.3) is 0 Å². The third kappa shape index (κ3) is 31.2. The van der Waals surface area contributed by atoms with Crippen LogP contribution in [0.3, 0.4) is 0 Å². The van der Waals surface area contributed by atoms with Gasteiger partial charge in [-0.05, 0) is 175 Å². The summed E-state index contributed by atoms with van der Waals surface area (Å²) >= 11 is 0. The van der Waals surface area contributed by atoms with E-state index >= 15 is 0 Å². The quantitative estimate of drug-likeness (QED) is 0.00901. The van der Waals surface area contributed by atoms with Crippen molar-refractivity contribution in [3.05, 3.63) is 102 Å². The number of aromatic hydroxyl groups is 2. The molecule has 0 aliphatic carbocycles. The molecular weight excluding hydrogens is 1420 g/mol. The molecule has 27 nitrogen and oxygen atoms in total. The summed E-state index contributed by atoms with van der Waals surface area (Å²) in [4.78, 5) is 115. The number of carbonyl (C=O) groups is 3. The summed E-state index contributed by atoms with van der Waals surface area (Å²) in [6, 6.07) is 0.983. The molecule has 0 saturated carbocycles. The molecule has 3 aliphatic rings. The van der Waals surface area contributed by atoms with Crippen LogP contribution < -0.4 is 18.9 Å². The highest BCUT2D eigenvalue weighted by molar-refractivity contribution is 7.53. The molecule has 0 amide bonds. The minimum absolute atomic E-state index is 0.0811. The fourth-order valence-corrected chi connectivity index (χ4v) is 15.8. The first-order chi connectivity index (χ1) is 48.4. The van der Waals surface area contributed by atoms with Crippen molar-refractivity contribution in [3.63, 3.8) is 0 Å². The van der Waals surface area contributed by atoms with Gasteiger partial charge in [0.2, 0.25) is 0 Å². The summed E-state index contributed by atoms with van der Waals surface area (Å²) in [6.45, 7) is 29.0. The van der Waals surface area contributed by atoms with Crippen LogP contribution in [0.15, 0.2) is 34.9 Å². The minimum Gasteiger partial charge on any atom is -0.507 e. The van der Waals surface area contributed by atoms with E-state index in [-0.39, 0.29) is 104 Å². The molecule has 31 heteroatoms. The summed E-state index contributed by atoms with van der Waals surface area (Å²) in [5.41, 5.74) is 11.0. The van der Waals surface area contributed by atoms with Crippen LogP contribution in [0.5, 0.6) is 34.5 Å². The van der Waals surface area contributed by atoms with Gasteiger partial charge in [-0.25, -0.2) is 14.4 Å². The number of unbranched alkanes of at least 4 members (excludes halogenated alkanes) is 3. The van der Waals surface area contributed by atoms with Crippen molar-refractivity contribution in [1.82, 2.24) is 0 Å². The number of cyclic esters (lactones) is 3. The number of ether oxygens (including phenoxy) is 7. The van der Waals surface area contributed by atoms with E-state index in [2.05, 4.69) is 32.6 Å². The highest BCUT2D eigenvalue weighted by atomic mass is 31.2. The second kappa shape index (κ2) is 46.7. The molecule has 3 heterocycles. The van der Waals surface area contributed by atoms with Crippen LogP contribution in [-0.4, -0.2) is 135 Å². The monoisotopic (exact) mass is 1520 g/mol. The number of esters is 3. The maximum absolute atomic E-state index is 12.6. The Morgan fingerprint density at radius 2 is 0.806 bits per heavy atom. The average Bonchev–Trinajstić information content (AvgIpc) is 1.70. The first-order valence-corrected chi connectivity index (χ1v) is 43.0. The molecular formula is C72H107O27P3Si. The minimum atomic E-state index is -3.54. The van der Waals surface area contributed by atoms with E-state index in [1.54, 1.807) is 28.1 Å². The van der Waals surface area contributed by atoms with Gasteiger partial charge in [-0.3, -0.25) is 13.7 Å². The lowest BCUT2D eigenvalue weighted by Crippen LogP contribution is -2.23. The standard InChI is InChI=1S/C27H45O7PSi.C22H33O7P.C20H29O7P.3CO2/c1-9-20(3)34-35(29,30)16-11-10-12-19(2)13-14-22-25(31-5)21(4)23-18-33-27(28)24(23)26(22)32-15-17-36(6,7)8;1-6-15(3)29-30(25,26)12-8-7-9-14(2)10-11-17-20(23)19-18(13-28-22(19)24)16(4)21(17)27-5;1-5-27-28(23,24)11-7-6-8-13(2)9-10-15-18(21)17-16(12-26-20(17)22)14(3)19(15)25-4;3*2-1-3/h13,20H,9-12,14-18H2,1-8H3,(H,29,30);10,15,23H,6-9,11-13H2,1-5H3,(H,25,26);9,21H,5-8,10-12H2,1-4H3,(H,23,24);;;/b19-13+;14-10+;13-9+;;;/t20-;15-;;;;/m00..../s1. The number of fused-ring (bicyclic) bond motifs is 3. The summed E-state index contributed by atoms with van der Waals surface area (Å²) in [5, 5.41) is 21.2. The zero-order chi connectivity index (χ0) is 78.6. The molecule has 0 radical (unpaired) electrons. The molecule has 103 heavy (non-hydrogen) atoms. The maximum Gasteiger partial charge on any atom is 0.373 e. The Bertz CT molecular complexity index is 3650. The molecule has 0 bridgehead atoms. The van der Waals surface area contributed by atoms with Crippen LogP contribution in [0.2, 0.25) is 25.7 Å². The van der Waals surface area contributed by atoms with Crippen molar-refractivity contribution < 1.29 is 128 Å². The number of phenols is 2. The Kier molecular flexibility index (Phi) is 42.5. The van der Waals surface area contributed by atoms with Crippen molar-refractivity contribution in [3.8, 4) is 34.5 Å². The van der Waals surface area contributed by atoms with Crippen LogP contribution in [0.1, 0.15) is 207 Å². The topological polar surface area (TPSA) is 398 Å². The second-order valence-electron chi connectivity index (χ2n) is 25.9. The lowest BCUT2D eigenvalue weighted by atomic mass is 9.94. The number of carbonyl (C=O) groups excluding carboxylic acids is 9. The van der Waals surface area contributed by atoms with E-state index in [1.807, 2.05) is 67.5 Å². The Balaban J connectivity index is 0.000000733. The SMILES string of the molecule is CCOP(=O)(O)CCCC/C(C)=C/Cc1c(O)c2c(c(C)c1OC)COC2=O.CC[C@H](C)OP(=O)(O)CCCC/C(C)=C/Cc1c(O)c2c(c(C)c1OC)COC2=O.CC[C@H](C)OP(=O)(O)CCCC/C(C)=C/Cc1c(OC)c(C)c2c(c1OCC[Si](C)(C)C)C(=O)OC2.O=C=O.O=C=O.O=C=O. The first-order valence-electron chi connectivity index (χ1n) is 34.0. The fraction of sp³-hybridized carbons (Fsp3) is 0.583. The van der Waals surface area contributed by atoms with E-state index in [4.69, 9.17) is 75.5 Å².